The average molecular weight is 1070 g/mol. The lowest BCUT2D eigenvalue weighted by molar-refractivity contribution is -0.138. The maximum atomic E-state index is 14.6. The second-order valence-electron chi connectivity index (χ2n) is 21.2. The van der Waals surface area contributed by atoms with E-state index in [0.29, 0.717) is 22.3 Å². The lowest BCUT2D eigenvalue weighted by atomic mass is 9.86. The normalized spacial score (nSPS) is 12.6. The van der Waals surface area contributed by atoms with E-state index in [4.69, 9.17) is 0 Å². The molecule has 0 bridgehead atoms. The van der Waals surface area contributed by atoms with Crippen molar-refractivity contribution in [2.24, 2.45) is 0 Å². The first-order valence-electron chi connectivity index (χ1n) is 26.9. The van der Waals surface area contributed by atoms with Gasteiger partial charge in [-0.1, -0.05) is 159 Å². The van der Waals surface area contributed by atoms with Gasteiger partial charge in [0.15, 0.2) is 0 Å². The Labute approximate surface area is 460 Å². The van der Waals surface area contributed by atoms with Crippen molar-refractivity contribution >= 4 is 87.2 Å². The number of hydrogen-bond acceptors (Lipinski definition) is 0. The maximum absolute atomic E-state index is 14.6. The van der Waals surface area contributed by atoms with Crippen LogP contribution in [0.25, 0.3) is 132 Å². The van der Waals surface area contributed by atoms with Crippen molar-refractivity contribution in [3.8, 4) is 45.0 Å². The summed E-state index contributed by atoms with van der Waals surface area (Å²) in [5.41, 5.74) is 12.3. The second-order valence-corrected chi connectivity index (χ2v) is 21.2. The van der Waals surface area contributed by atoms with Crippen molar-refractivity contribution in [2.45, 2.75) is 32.1 Å². The monoisotopic (exact) mass is 1070 g/mol. The Bertz CT molecular complexity index is 4710. The average Bonchev–Trinajstić information content (AvgIpc) is 2.70. The summed E-state index contributed by atoms with van der Waals surface area (Å²) in [6.07, 6.45) is -9.23. The van der Waals surface area contributed by atoms with Gasteiger partial charge in [-0.2, -0.15) is 26.3 Å². The summed E-state index contributed by atoms with van der Waals surface area (Å²) in [5.74, 6) is -0.334. The standard InChI is InChI=1S/C71H46F6N4/c1-42(2)63-68(80-57-25-13-9-21-49(57)51-37-39-61-64(66(51)80)53-23-11-15-27-59(53)78(61)47-17-5-3-6-18-47)55(43-29-33-45(34-30-43)70(72,73)74)41-56(44-31-35-46(36-32-44)71(75,76)77)69(63)81-58-26-14-10-22-50(58)52-38-40-62-65(67(52)81)54-24-12-16-28-60(54)79(62)48-19-7-4-8-20-48/h3-42H,1-2H3. The molecular formula is C71H46F6N4. The Hall–Kier alpha value is -9.80. The minimum Gasteiger partial charge on any atom is -0.309 e. The molecule has 4 nitrogen and oxygen atoms in total. The summed E-state index contributed by atoms with van der Waals surface area (Å²) in [7, 11) is 0. The van der Waals surface area contributed by atoms with E-state index < -0.39 is 23.5 Å². The first-order valence-corrected chi connectivity index (χ1v) is 26.9. The SMILES string of the molecule is CC(C)c1c(-n2c3ccccc3c3ccc4c(c5ccccc5n4-c4ccccc4)c32)c(-c2ccc(C(F)(F)F)cc2)cc(-c2ccc(C(F)(F)F)cc2)c1-n1c2ccccc2c2ccc3c(c4ccccc4n3-c3ccccc3)c21. The summed E-state index contributed by atoms with van der Waals surface area (Å²) in [6, 6.07) is 75.0. The van der Waals surface area contributed by atoms with Crippen LogP contribution in [0.3, 0.4) is 0 Å². The van der Waals surface area contributed by atoms with E-state index in [1.54, 1.807) is 0 Å². The molecule has 0 radical (unpaired) electrons. The molecule has 10 heteroatoms. The third kappa shape index (κ3) is 7.25. The van der Waals surface area contributed by atoms with Crippen LogP contribution >= 0.6 is 0 Å². The highest BCUT2D eigenvalue weighted by Gasteiger charge is 2.35. The van der Waals surface area contributed by atoms with Gasteiger partial charge in [0.05, 0.1) is 66.6 Å². The molecule has 15 aromatic rings. The lowest BCUT2D eigenvalue weighted by Gasteiger charge is -2.28. The van der Waals surface area contributed by atoms with Crippen molar-refractivity contribution in [1.29, 1.82) is 0 Å². The zero-order valence-electron chi connectivity index (χ0n) is 43.7. The van der Waals surface area contributed by atoms with Crippen LogP contribution < -0.4 is 0 Å². The summed E-state index contributed by atoms with van der Waals surface area (Å²) in [5, 5.41) is 7.88. The van der Waals surface area contributed by atoms with Gasteiger partial charge in [-0.15, -0.1) is 0 Å². The number of aromatic nitrogens is 4. The van der Waals surface area contributed by atoms with Crippen LogP contribution in [0, 0.1) is 0 Å². The van der Waals surface area contributed by atoms with Crippen LogP contribution in [0.5, 0.6) is 0 Å². The molecule has 0 saturated carbocycles. The van der Waals surface area contributed by atoms with Crippen molar-refractivity contribution < 1.29 is 26.3 Å². The first kappa shape index (κ1) is 48.3. The molecule has 81 heavy (non-hydrogen) atoms. The zero-order chi connectivity index (χ0) is 55.1. The highest BCUT2D eigenvalue weighted by atomic mass is 19.4. The number of alkyl halides is 6. The molecule has 11 aromatic carbocycles. The molecule has 4 heterocycles. The number of fused-ring (bicyclic) bond motifs is 14. The van der Waals surface area contributed by atoms with E-state index >= 15 is 0 Å². The zero-order valence-corrected chi connectivity index (χ0v) is 43.7. The molecule has 15 rings (SSSR count). The molecule has 0 aliphatic rings. The number of rotatable bonds is 7. The summed E-state index contributed by atoms with van der Waals surface area (Å²) < 4.78 is 97.0. The Morgan fingerprint density at radius 1 is 0.309 bits per heavy atom. The third-order valence-corrected chi connectivity index (χ3v) is 16.3. The Balaban J connectivity index is 1.20. The second kappa shape index (κ2) is 17.9. The van der Waals surface area contributed by atoms with E-state index in [1.165, 1.54) is 24.3 Å². The number of nitrogens with zero attached hydrogens (tertiary/aromatic N) is 4. The first-order chi connectivity index (χ1) is 39.3. The van der Waals surface area contributed by atoms with Crippen LogP contribution in [0.2, 0.25) is 0 Å². The van der Waals surface area contributed by atoms with E-state index in [2.05, 4.69) is 129 Å². The van der Waals surface area contributed by atoms with Crippen molar-refractivity contribution in [2.75, 3.05) is 0 Å². The summed E-state index contributed by atoms with van der Waals surface area (Å²) >= 11 is 0. The molecule has 0 fully saturated rings. The fraction of sp³-hybridized carbons (Fsp3) is 0.0704. The molecule has 0 N–H and O–H groups in total. The van der Waals surface area contributed by atoms with Gasteiger partial charge in [-0.05, 0) is 108 Å². The van der Waals surface area contributed by atoms with Gasteiger partial charge in [-0.25, -0.2) is 0 Å². The molecule has 0 amide bonds. The van der Waals surface area contributed by atoms with Crippen LogP contribution in [0.4, 0.5) is 26.3 Å². The van der Waals surface area contributed by atoms with Crippen LogP contribution in [-0.2, 0) is 12.4 Å². The number of benzene rings is 11. The van der Waals surface area contributed by atoms with Crippen molar-refractivity contribution in [1.82, 2.24) is 18.3 Å². The van der Waals surface area contributed by atoms with Crippen LogP contribution in [0.15, 0.2) is 237 Å². The molecule has 0 aliphatic carbocycles. The fourth-order valence-corrected chi connectivity index (χ4v) is 13.0. The van der Waals surface area contributed by atoms with Gasteiger partial charge in [0.2, 0.25) is 0 Å². The van der Waals surface area contributed by atoms with Crippen molar-refractivity contribution in [3.05, 3.63) is 253 Å². The molecule has 0 spiro atoms. The minimum atomic E-state index is -4.61. The van der Waals surface area contributed by atoms with Crippen molar-refractivity contribution in [3.63, 3.8) is 0 Å². The minimum absolute atomic E-state index is 0.334. The van der Waals surface area contributed by atoms with E-state index in [0.717, 1.165) is 140 Å². The summed E-state index contributed by atoms with van der Waals surface area (Å²) in [6.45, 7) is 4.26. The quantitative estimate of drug-likeness (QED) is 0.142. The number of para-hydroxylation sites is 6. The highest BCUT2D eigenvalue weighted by molar-refractivity contribution is 6.28. The predicted octanol–water partition coefficient (Wildman–Crippen LogP) is 20.6. The number of halogens is 6. The Morgan fingerprint density at radius 3 is 1.00 bits per heavy atom. The van der Waals surface area contributed by atoms with E-state index in [1.807, 2.05) is 91.0 Å². The van der Waals surface area contributed by atoms with Gasteiger partial charge in [-0.3, -0.25) is 0 Å². The molecule has 0 aliphatic heterocycles. The van der Waals surface area contributed by atoms with Gasteiger partial charge in [0, 0.05) is 71.2 Å². The Morgan fingerprint density at radius 2 is 0.642 bits per heavy atom. The molecular weight excluding hydrogens is 1020 g/mol. The van der Waals surface area contributed by atoms with Gasteiger partial charge in [0.1, 0.15) is 0 Å². The van der Waals surface area contributed by atoms with E-state index in [-0.39, 0.29) is 5.92 Å². The fourth-order valence-electron chi connectivity index (χ4n) is 13.0. The number of hydrogen-bond donors (Lipinski definition) is 0. The molecule has 0 atom stereocenters. The molecule has 0 unspecified atom stereocenters. The molecule has 0 saturated heterocycles. The maximum Gasteiger partial charge on any atom is 0.416 e. The molecule has 392 valence electrons. The lowest BCUT2D eigenvalue weighted by Crippen LogP contribution is -2.12. The van der Waals surface area contributed by atoms with Gasteiger partial charge < -0.3 is 18.3 Å². The highest BCUT2D eigenvalue weighted by Crippen LogP contribution is 2.52. The molecule has 4 aromatic heterocycles. The Kier molecular flexibility index (Phi) is 10.7. The smallest absolute Gasteiger partial charge is 0.309 e. The largest absolute Gasteiger partial charge is 0.416 e. The van der Waals surface area contributed by atoms with Crippen LogP contribution in [0.1, 0.15) is 36.5 Å². The predicted molar refractivity (Wildman–Crippen MR) is 319 cm³/mol. The van der Waals surface area contributed by atoms with E-state index in [9.17, 15) is 26.3 Å². The van der Waals surface area contributed by atoms with Gasteiger partial charge >= 0.3 is 12.4 Å². The van der Waals surface area contributed by atoms with Gasteiger partial charge in [0.25, 0.3) is 0 Å². The third-order valence-electron chi connectivity index (χ3n) is 16.3. The summed E-state index contributed by atoms with van der Waals surface area (Å²) in [4.78, 5) is 0. The topological polar surface area (TPSA) is 19.7 Å². The van der Waals surface area contributed by atoms with Crippen LogP contribution in [-0.4, -0.2) is 18.3 Å².